The van der Waals surface area contributed by atoms with Gasteiger partial charge in [0.05, 0.1) is 14.2 Å². The number of nitrogens with one attached hydrogen (secondary N) is 1. The van der Waals surface area contributed by atoms with E-state index in [2.05, 4.69) is 19.2 Å². The summed E-state index contributed by atoms with van der Waals surface area (Å²) in [6.07, 6.45) is 3.86. The number of carbonyl (C=O) groups excluding carboxylic acids is 2. The van der Waals surface area contributed by atoms with Crippen LogP contribution in [0, 0.1) is 0 Å². The van der Waals surface area contributed by atoms with Gasteiger partial charge in [0.1, 0.15) is 11.5 Å². The second-order valence-electron chi connectivity index (χ2n) is 6.53. The molecule has 2 rings (SSSR count). The van der Waals surface area contributed by atoms with Gasteiger partial charge in [0.15, 0.2) is 6.61 Å². The quantitative estimate of drug-likeness (QED) is 0.501. The minimum absolute atomic E-state index is 0.365. The van der Waals surface area contributed by atoms with Gasteiger partial charge in [0.2, 0.25) is 0 Å². The van der Waals surface area contributed by atoms with E-state index in [4.69, 9.17) is 14.2 Å². The number of carbonyl (C=O) groups is 2. The Morgan fingerprint density at radius 2 is 1.79 bits per heavy atom. The number of ether oxygens (including phenoxy) is 3. The number of hydrogen-bond donors (Lipinski definition) is 1. The predicted octanol–water partition coefficient (Wildman–Crippen LogP) is 4.41. The predicted molar refractivity (Wildman–Crippen MR) is 113 cm³/mol. The third-order valence-corrected chi connectivity index (χ3v) is 4.56. The van der Waals surface area contributed by atoms with Crippen LogP contribution in [-0.4, -0.2) is 32.7 Å². The molecule has 0 saturated heterocycles. The molecule has 1 N–H and O–H groups in total. The zero-order valence-corrected chi connectivity index (χ0v) is 17.2. The Morgan fingerprint density at radius 1 is 1.07 bits per heavy atom. The van der Waals surface area contributed by atoms with Gasteiger partial charge in [-0.25, -0.2) is 4.79 Å². The first-order valence-electron chi connectivity index (χ1n) is 9.43. The zero-order chi connectivity index (χ0) is 21.2. The Kier molecular flexibility index (Phi) is 8.27. The molecule has 0 aliphatic rings. The van der Waals surface area contributed by atoms with E-state index in [0.717, 1.165) is 6.42 Å². The molecule has 2 aromatic rings. The highest BCUT2D eigenvalue weighted by atomic mass is 16.5. The van der Waals surface area contributed by atoms with Gasteiger partial charge in [0.25, 0.3) is 5.91 Å². The molecule has 1 atom stereocenters. The first kappa shape index (κ1) is 22.0. The number of amides is 1. The molecule has 1 amide bonds. The second-order valence-corrected chi connectivity index (χ2v) is 6.53. The van der Waals surface area contributed by atoms with Crippen molar-refractivity contribution in [3.05, 3.63) is 59.7 Å². The molecule has 0 heterocycles. The fourth-order valence-corrected chi connectivity index (χ4v) is 2.63. The van der Waals surface area contributed by atoms with E-state index in [1.807, 2.05) is 24.3 Å². The Balaban J connectivity index is 1.85. The second kappa shape index (κ2) is 10.9. The Bertz CT molecular complexity index is 858. The van der Waals surface area contributed by atoms with Gasteiger partial charge in [-0.15, -0.1) is 0 Å². The molecule has 29 heavy (non-hydrogen) atoms. The van der Waals surface area contributed by atoms with Crippen LogP contribution in [0.4, 0.5) is 5.69 Å². The van der Waals surface area contributed by atoms with Crippen LogP contribution in [0.2, 0.25) is 0 Å². The van der Waals surface area contributed by atoms with Gasteiger partial charge in [0, 0.05) is 23.4 Å². The average molecular weight is 397 g/mol. The van der Waals surface area contributed by atoms with E-state index in [1.54, 1.807) is 31.4 Å². The van der Waals surface area contributed by atoms with Crippen LogP contribution in [0.5, 0.6) is 11.5 Å². The van der Waals surface area contributed by atoms with Crippen molar-refractivity contribution in [2.75, 3.05) is 26.1 Å². The lowest BCUT2D eigenvalue weighted by atomic mass is 9.99. The van der Waals surface area contributed by atoms with Crippen LogP contribution in [0.3, 0.4) is 0 Å². The average Bonchev–Trinajstić information content (AvgIpc) is 2.76. The minimum Gasteiger partial charge on any atom is -0.497 e. The SMILES string of the molecule is CC[C@@H](C)c1ccc(NC(=O)COC(=O)/C=C/c2ccc(OC)cc2OC)cc1. The normalized spacial score (nSPS) is 11.7. The largest absolute Gasteiger partial charge is 0.497 e. The van der Waals surface area contributed by atoms with Crippen LogP contribution in [-0.2, 0) is 14.3 Å². The molecule has 154 valence electrons. The van der Waals surface area contributed by atoms with Crippen molar-refractivity contribution in [2.45, 2.75) is 26.2 Å². The van der Waals surface area contributed by atoms with Gasteiger partial charge in [-0.1, -0.05) is 26.0 Å². The summed E-state index contributed by atoms with van der Waals surface area (Å²) < 4.78 is 15.4. The summed E-state index contributed by atoms with van der Waals surface area (Å²) in [5.41, 5.74) is 2.57. The molecular weight excluding hydrogens is 370 g/mol. The van der Waals surface area contributed by atoms with E-state index in [-0.39, 0.29) is 6.61 Å². The third-order valence-electron chi connectivity index (χ3n) is 4.56. The lowest BCUT2D eigenvalue weighted by molar-refractivity contribution is -0.142. The zero-order valence-electron chi connectivity index (χ0n) is 17.2. The maximum absolute atomic E-state index is 12.0. The summed E-state index contributed by atoms with van der Waals surface area (Å²) in [5.74, 6) is 0.662. The number of hydrogen-bond acceptors (Lipinski definition) is 5. The summed E-state index contributed by atoms with van der Waals surface area (Å²) in [4.78, 5) is 23.9. The number of benzene rings is 2. The highest BCUT2D eigenvalue weighted by Crippen LogP contribution is 2.25. The van der Waals surface area contributed by atoms with Gasteiger partial charge in [-0.05, 0) is 48.2 Å². The van der Waals surface area contributed by atoms with Crippen molar-refractivity contribution >= 4 is 23.6 Å². The number of methoxy groups -OCH3 is 2. The number of rotatable bonds is 9. The molecule has 0 radical (unpaired) electrons. The van der Waals surface area contributed by atoms with Gasteiger partial charge in [-0.3, -0.25) is 4.79 Å². The minimum atomic E-state index is -0.620. The third kappa shape index (κ3) is 6.68. The topological polar surface area (TPSA) is 73.9 Å². The monoisotopic (exact) mass is 397 g/mol. The van der Waals surface area contributed by atoms with Crippen molar-refractivity contribution in [3.63, 3.8) is 0 Å². The molecule has 0 bridgehead atoms. The lowest BCUT2D eigenvalue weighted by Crippen LogP contribution is -2.20. The van der Waals surface area contributed by atoms with Gasteiger partial charge >= 0.3 is 5.97 Å². The van der Waals surface area contributed by atoms with Crippen molar-refractivity contribution in [2.24, 2.45) is 0 Å². The molecule has 0 spiro atoms. The molecule has 0 saturated carbocycles. The van der Waals surface area contributed by atoms with E-state index >= 15 is 0 Å². The van der Waals surface area contributed by atoms with Crippen LogP contribution >= 0.6 is 0 Å². The molecule has 0 aliphatic heterocycles. The van der Waals surface area contributed by atoms with Crippen molar-refractivity contribution in [3.8, 4) is 11.5 Å². The van der Waals surface area contributed by atoms with Crippen LogP contribution in [0.1, 0.15) is 37.3 Å². The van der Waals surface area contributed by atoms with Crippen LogP contribution in [0.15, 0.2) is 48.5 Å². The Labute approximate surface area is 171 Å². The summed E-state index contributed by atoms with van der Waals surface area (Å²) >= 11 is 0. The maximum atomic E-state index is 12.0. The fourth-order valence-electron chi connectivity index (χ4n) is 2.63. The van der Waals surface area contributed by atoms with Crippen LogP contribution in [0.25, 0.3) is 6.08 Å². The first-order chi connectivity index (χ1) is 14.0. The number of anilines is 1. The lowest BCUT2D eigenvalue weighted by Gasteiger charge is -2.10. The smallest absolute Gasteiger partial charge is 0.331 e. The first-order valence-corrected chi connectivity index (χ1v) is 9.43. The van der Waals surface area contributed by atoms with Crippen molar-refractivity contribution in [1.29, 1.82) is 0 Å². The molecule has 0 unspecified atom stereocenters. The standard InChI is InChI=1S/C23H27NO5/c1-5-16(2)17-6-10-19(11-7-17)24-22(25)15-29-23(26)13-9-18-8-12-20(27-3)14-21(18)28-4/h6-14,16H,5,15H2,1-4H3,(H,24,25)/b13-9+/t16-/m1/s1. The summed E-state index contributed by atoms with van der Waals surface area (Å²) in [6, 6.07) is 12.9. The maximum Gasteiger partial charge on any atom is 0.331 e. The van der Waals surface area contributed by atoms with Gasteiger partial charge < -0.3 is 19.5 Å². The van der Waals surface area contributed by atoms with E-state index in [9.17, 15) is 9.59 Å². The molecule has 0 aliphatic carbocycles. The summed E-state index contributed by atoms with van der Waals surface area (Å²) in [7, 11) is 3.09. The van der Waals surface area contributed by atoms with E-state index < -0.39 is 11.9 Å². The molecule has 0 fully saturated rings. The summed E-state index contributed by atoms with van der Waals surface area (Å²) in [6.45, 7) is 3.92. The highest BCUT2D eigenvalue weighted by Gasteiger charge is 2.08. The highest BCUT2D eigenvalue weighted by molar-refractivity contribution is 5.94. The molecule has 2 aromatic carbocycles. The molecule has 0 aromatic heterocycles. The van der Waals surface area contributed by atoms with Gasteiger partial charge in [-0.2, -0.15) is 0 Å². The van der Waals surface area contributed by atoms with Crippen molar-refractivity contribution in [1.82, 2.24) is 0 Å². The Morgan fingerprint density at radius 3 is 2.41 bits per heavy atom. The van der Waals surface area contributed by atoms with Crippen molar-refractivity contribution < 1.29 is 23.8 Å². The fraction of sp³-hybridized carbons (Fsp3) is 0.304. The Hall–Kier alpha value is -3.28. The molecule has 6 nitrogen and oxygen atoms in total. The summed E-state index contributed by atoms with van der Waals surface area (Å²) in [5, 5.41) is 2.71. The molecular formula is C23H27NO5. The van der Waals surface area contributed by atoms with E-state index in [1.165, 1.54) is 18.7 Å². The van der Waals surface area contributed by atoms with Crippen LogP contribution < -0.4 is 14.8 Å². The molecule has 6 heteroatoms. The number of esters is 1. The van der Waals surface area contributed by atoms with E-state index in [0.29, 0.717) is 28.7 Å².